The van der Waals surface area contributed by atoms with Gasteiger partial charge in [-0.25, -0.2) is 4.39 Å². The number of rotatable bonds is 3. The highest BCUT2D eigenvalue weighted by Crippen LogP contribution is 2.43. The number of hydrogen-bond donors (Lipinski definition) is 2. The summed E-state index contributed by atoms with van der Waals surface area (Å²) in [5.74, 6) is -0.803. The lowest BCUT2D eigenvalue weighted by Crippen LogP contribution is -2.10. The van der Waals surface area contributed by atoms with Gasteiger partial charge in [-0.05, 0) is 91.7 Å². The van der Waals surface area contributed by atoms with Gasteiger partial charge in [0.15, 0.2) is 0 Å². The molecule has 3 aromatic carbocycles. The second-order valence-corrected chi connectivity index (χ2v) is 9.85. The van der Waals surface area contributed by atoms with Gasteiger partial charge in [0.25, 0.3) is 0 Å². The van der Waals surface area contributed by atoms with Crippen molar-refractivity contribution in [3.63, 3.8) is 0 Å². The number of carbonyl (C=O) groups is 1. The number of hydrogen-bond acceptors (Lipinski definition) is 5. The van der Waals surface area contributed by atoms with E-state index in [0.717, 1.165) is 28.7 Å². The SMILES string of the molecule is CC(C)(C)O.Cc1cc2c(C#N)cc(F)cc2c(-c2ccc3c4c(ccnc24)CCO3)c1CC(=O)O. The van der Waals surface area contributed by atoms with Gasteiger partial charge in [0.1, 0.15) is 11.6 Å². The normalized spacial score (nSPS) is 12.5. The molecule has 0 fully saturated rings. The minimum Gasteiger partial charge on any atom is -0.493 e. The number of ether oxygens (including phenoxy) is 1. The average molecular weight is 487 g/mol. The first kappa shape index (κ1) is 25.1. The van der Waals surface area contributed by atoms with E-state index in [2.05, 4.69) is 11.1 Å². The van der Waals surface area contributed by atoms with Crippen LogP contribution < -0.4 is 4.74 Å². The highest BCUT2D eigenvalue weighted by atomic mass is 19.1. The maximum absolute atomic E-state index is 14.5. The highest BCUT2D eigenvalue weighted by molar-refractivity contribution is 6.09. The van der Waals surface area contributed by atoms with Gasteiger partial charge < -0.3 is 14.9 Å². The molecular weight excluding hydrogens is 459 g/mol. The lowest BCUT2D eigenvalue weighted by Gasteiger charge is -2.22. The summed E-state index contributed by atoms with van der Waals surface area (Å²) in [7, 11) is 0. The molecule has 2 heterocycles. The van der Waals surface area contributed by atoms with Crippen molar-refractivity contribution >= 4 is 27.6 Å². The van der Waals surface area contributed by atoms with E-state index >= 15 is 0 Å². The Morgan fingerprint density at radius 1 is 1.19 bits per heavy atom. The first-order valence-corrected chi connectivity index (χ1v) is 11.6. The number of carboxylic acid groups (broad SMARTS) is 1. The number of aromatic nitrogens is 1. The molecule has 5 rings (SSSR count). The summed E-state index contributed by atoms with van der Waals surface area (Å²) in [4.78, 5) is 16.3. The number of nitrogens with zero attached hydrogens (tertiary/aromatic N) is 2. The van der Waals surface area contributed by atoms with Crippen LogP contribution in [0.3, 0.4) is 0 Å². The molecule has 36 heavy (non-hydrogen) atoms. The number of aryl methyl sites for hydroxylation is 1. The van der Waals surface area contributed by atoms with Gasteiger partial charge in [-0.2, -0.15) is 5.26 Å². The van der Waals surface area contributed by atoms with Crippen molar-refractivity contribution in [1.29, 1.82) is 5.26 Å². The minimum absolute atomic E-state index is 0.209. The lowest BCUT2D eigenvalue weighted by molar-refractivity contribution is -0.136. The maximum atomic E-state index is 14.5. The first-order chi connectivity index (χ1) is 17.0. The third-order valence-electron chi connectivity index (χ3n) is 5.84. The summed E-state index contributed by atoms with van der Waals surface area (Å²) < 4.78 is 20.3. The minimum atomic E-state index is -0.986. The molecule has 1 aliphatic rings. The number of halogens is 1. The van der Waals surface area contributed by atoms with E-state index in [1.165, 1.54) is 12.1 Å². The average Bonchev–Trinajstić information content (AvgIpc) is 2.79. The van der Waals surface area contributed by atoms with Crippen molar-refractivity contribution in [2.24, 2.45) is 0 Å². The molecular formula is C29H27FN2O4. The van der Waals surface area contributed by atoms with Crippen molar-refractivity contribution < 1.29 is 24.1 Å². The van der Waals surface area contributed by atoms with Crippen LogP contribution in [0.25, 0.3) is 32.8 Å². The molecule has 0 bridgehead atoms. The maximum Gasteiger partial charge on any atom is 0.307 e. The molecule has 2 N–H and O–H groups in total. The fraction of sp³-hybridized carbons (Fsp3) is 0.276. The summed E-state index contributed by atoms with van der Waals surface area (Å²) in [6.45, 7) is 7.63. The van der Waals surface area contributed by atoms with Crippen molar-refractivity contribution in [2.75, 3.05) is 6.61 Å². The summed E-state index contributed by atoms with van der Waals surface area (Å²) >= 11 is 0. The van der Waals surface area contributed by atoms with Gasteiger partial charge in [-0.3, -0.25) is 9.78 Å². The zero-order chi connectivity index (χ0) is 26.2. The number of benzene rings is 3. The van der Waals surface area contributed by atoms with E-state index in [0.29, 0.717) is 39.6 Å². The highest BCUT2D eigenvalue weighted by Gasteiger charge is 2.23. The molecule has 1 aromatic heterocycles. The van der Waals surface area contributed by atoms with Gasteiger partial charge in [-0.1, -0.05) is 0 Å². The smallest absolute Gasteiger partial charge is 0.307 e. The Bertz CT molecular complexity index is 1530. The van der Waals surface area contributed by atoms with Gasteiger partial charge in [0, 0.05) is 29.0 Å². The number of aliphatic carboxylic acids is 1. The Morgan fingerprint density at radius 2 is 1.92 bits per heavy atom. The molecule has 184 valence electrons. The van der Waals surface area contributed by atoms with Gasteiger partial charge in [0.05, 0.1) is 35.8 Å². The standard InChI is InChI=1S/C25H17FN2O3.C4H10O/c1-13-8-19-15(12-27)9-16(26)10-20(19)24(18(13)11-22(29)30)17-2-3-21-23-14(5-7-31-21)4-6-28-25(17)23;1-4(2,3)5/h2-4,6,8-10H,5,7,11H2,1H3,(H,29,30);5H,1-3H3. The van der Waals surface area contributed by atoms with Crippen LogP contribution in [0.15, 0.2) is 42.6 Å². The van der Waals surface area contributed by atoms with Crippen LogP contribution in [0, 0.1) is 24.1 Å². The Morgan fingerprint density at radius 3 is 2.58 bits per heavy atom. The molecule has 0 amide bonds. The van der Waals surface area contributed by atoms with Crippen molar-refractivity contribution in [1.82, 2.24) is 4.98 Å². The third-order valence-corrected chi connectivity index (χ3v) is 5.84. The summed E-state index contributed by atoms with van der Waals surface area (Å²) in [5.41, 5.74) is 4.09. The van der Waals surface area contributed by atoms with E-state index in [9.17, 15) is 19.6 Å². The number of fused-ring (bicyclic) bond motifs is 1. The Hall–Kier alpha value is -4.02. The van der Waals surface area contributed by atoms with E-state index in [1.54, 1.807) is 33.0 Å². The monoisotopic (exact) mass is 486 g/mol. The van der Waals surface area contributed by atoms with Crippen LogP contribution in [0.1, 0.15) is 43.0 Å². The van der Waals surface area contributed by atoms with Gasteiger partial charge in [0.2, 0.25) is 0 Å². The fourth-order valence-electron chi connectivity index (χ4n) is 4.53. The number of aliphatic hydroxyl groups is 1. The molecule has 0 aliphatic carbocycles. The van der Waals surface area contributed by atoms with Crippen LogP contribution in [0.4, 0.5) is 4.39 Å². The summed E-state index contributed by atoms with van der Waals surface area (Å²) in [5, 5.41) is 29.6. The van der Waals surface area contributed by atoms with Crippen LogP contribution in [0.5, 0.6) is 5.75 Å². The van der Waals surface area contributed by atoms with E-state index < -0.39 is 17.4 Å². The molecule has 0 spiro atoms. The first-order valence-electron chi connectivity index (χ1n) is 11.6. The Labute approximate surface area is 208 Å². The van der Waals surface area contributed by atoms with E-state index in [4.69, 9.17) is 9.84 Å². The van der Waals surface area contributed by atoms with Crippen molar-refractivity contribution in [3.05, 3.63) is 70.7 Å². The number of carboxylic acids is 1. The van der Waals surface area contributed by atoms with Crippen LogP contribution in [0.2, 0.25) is 0 Å². The number of pyridine rings is 1. The zero-order valence-corrected chi connectivity index (χ0v) is 20.6. The van der Waals surface area contributed by atoms with E-state index in [1.807, 2.05) is 25.1 Å². The quantitative estimate of drug-likeness (QED) is 0.384. The topological polar surface area (TPSA) is 103 Å². The molecule has 7 heteroatoms. The van der Waals surface area contributed by atoms with Crippen molar-refractivity contribution in [3.8, 4) is 22.9 Å². The lowest BCUT2D eigenvalue weighted by atomic mass is 9.85. The largest absolute Gasteiger partial charge is 0.493 e. The third kappa shape index (κ3) is 5.00. The Balaban J connectivity index is 0.000000556. The van der Waals surface area contributed by atoms with Gasteiger partial charge in [-0.15, -0.1) is 0 Å². The Kier molecular flexibility index (Phi) is 6.66. The molecule has 0 saturated heterocycles. The second kappa shape index (κ2) is 9.56. The molecule has 0 radical (unpaired) electrons. The second-order valence-electron chi connectivity index (χ2n) is 9.85. The molecule has 4 aromatic rings. The van der Waals surface area contributed by atoms with Gasteiger partial charge >= 0.3 is 5.97 Å². The molecule has 0 saturated carbocycles. The molecule has 0 unspecified atom stereocenters. The van der Waals surface area contributed by atoms with Crippen LogP contribution in [-0.2, 0) is 17.6 Å². The molecule has 6 nitrogen and oxygen atoms in total. The van der Waals surface area contributed by atoms with Crippen LogP contribution in [-0.4, -0.2) is 33.4 Å². The van der Waals surface area contributed by atoms with Crippen LogP contribution >= 0.6 is 0 Å². The zero-order valence-electron chi connectivity index (χ0n) is 20.6. The predicted octanol–water partition coefficient (Wildman–Crippen LogP) is 5.71. The summed E-state index contributed by atoms with van der Waals surface area (Å²) in [6.07, 6.45) is 2.25. The fourth-order valence-corrected chi connectivity index (χ4v) is 4.53. The molecule has 0 atom stereocenters. The number of nitriles is 1. The van der Waals surface area contributed by atoms with E-state index in [-0.39, 0.29) is 12.0 Å². The molecule has 1 aliphatic heterocycles. The van der Waals surface area contributed by atoms with Crippen molar-refractivity contribution in [2.45, 2.75) is 46.1 Å². The summed E-state index contributed by atoms with van der Waals surface area (Å²) in [6, 6.07) is 12.0. The predicted molar refractivity (Wildman–Crippen MR) is 137 cm³/mol.